The van der Waals surface area contributed by atoms with Crippen LogP contribution in [0.5, 0.6) is 0 Å². The molecule has 4 atom stereocenters. The summed E-state index contributed by atoms with van der Waals surface area (Å²) in [6.07, 6.45) is 15.2. The molecule has 6 nitrogen and oxygen atoms in total. The largest absolute Gasteiger partial charge is 0.348 e. The second kappa shape index (κ2) is 6.92. The normalized spacial score (nSPS) is 35.9. The minimum atomic E-state index is 0.0542. The Bertz CT molecular complexity index is 884. The highest BCUT2D eigenvalue weighted by Gasteiger charge is 2.70. The molecule has 4 unspecified atom stereocenters. The average molecular weight is 410 g/mol. The lowest BCUT2D eigenvalue weighted by Gasteiger charge is -2.77. The van der Waals surface area contributed by atoms with Gasteiger partial charge in [-0.25, -0.2) is 0 Å². The number of hydrogen-bond donors (Lipinski definition) is 1. The van der Waals surface area contributed by atoms with Crippen LogP contribution in [0.1, 0.15) is 73.1 Å². The van der Waals surface area contributed by atoms with E-state index >= 15 is 0 Å². The summed E-state index contributed by atoms with van der Waals surface area (Å²) in [5.41, 5.74) is 3.35. The number of aromatic nitrogens is 2. The van der Waals surface area contributed by atoms with Crippen molar-refractivity contribution < 1.29 is 4.79 Å². The molecule has 1 N–H and O–H groups in total. The van der Waals surface area contributed by atoms with Crippen molar-refractivity contribution in [2.75, 3.05) is 20.6 Å². The summed E-state index contributed by atoms with van der Waals surface area (Å²) >= 11 is 0. The van der Waals surface area contributed by atoms with Crippen LogP contribution in [0.25, 0.3) is 6.08 Å². The van der Waals surface area contributed by atoms with E-state index in [1.54, 1.807) is 0 Å². The van der Waals surface area contributed by atoms with Crippen molar-refractivity contribution in [1.29, 1.82) is 0 Å². The molecule has 1 aromatic rings. The first-order chi connectivity index (χ1) is 14.6. The topological polar surface area (TPSA) is 53.4 Å². The number of fused-ring (bicyclic) bond motifs is 3. The van der Waals surface area contributed by atoms with E-state index in [2.05, 4.69) is 46.0 Å². The Hall–Kier alpha value is -1.66. The number of allylic oxidation sites excluding steroid dienone is 1. The first-order valence-corrected chi connectivity index (χ1v) is 12.1. The number of rotatable bonds is 4. The van der Waals surface area contributed by atoms with Crippen molar-refractivity contribution in [2.24, 2.45) is 5.92 Å². The van der Waals surface area contributed by atoms with Gasteiger partial charge in [0.25, 0.3) is 5.91 Å². The minimum absolute atomic E-state index is 0.0542. The predicted octanol–water partition coefficient (Wildman–Crippen LogP) is 2.68. The van der Waals surface area contributed by atoms with Gasteiger partial charge in [0.05, 0.1) is 11.2 Å². The number of piperazine rings is 1. The predicted molar refractivity (Wildman–Crippen MR) is 117 cm³/mol. The SMILES string of the molecule is CN1CC23CC(NC(=O)c4nn(CC5CCCCC5)c5c4CCC=C5)CC(C12)N3C. The van der Waals surface area contributed by atoms with E-state index in [4.69, 9.17) is 5.10 Å². The van der Waals surface area contributed by atoms with Crippen LogP contribution in [0, 0.1) is 5.92 Å². The number of amides is 1. The van der Waals surface area contributed by atoms with E-state index in [1.807, 2.05) is 0 Å². The molecular weight excluding hydrogens is 374 g/mol. The summed E-state index contributed by atoms with van der Waals surface area (Å²) in [6, 6.07) is 1.56. The first-order valence-electron chi connectivity index (χ1n) is 12.1. The second-order valence-electron chi connectivity index (χ2n) is 10.6. The van der Waals surface area contributed by atoms with E-state index in [0.29, 0.717) is 29.2 Å². The molecule has 3 aliphatic heterocycles. The maximum Gasteiger partial charge on any atom is 0.272 e. The molecule has 6 aliphatic rings. The van der Waals surface area contributed by atoms with Crippen molar-refractivity contribution in [1.82, 2.24) is 24.9 Å². The van der Waals surface area contributed by atoms with Gasteiger partial charge in [0.2, 0.25) is 0 Å². The molecule has 5 fully saturated rings. The van der Waals surface area contributed by atoms with Gasteiger partial charge in [0, 0.05) is 36.8 Å². The molecule has 1 spiro atoms. The van der Waals surface area contributed by atoms with Crippen LogP contribution in [-0.2, 0) is 13.0 Å². The van der Waals surface area contributed by atoms with E-state index in [9.17, 15) is 4.79 Å². The monoisotopic (exact) mass is 409 g/mol. The number of likely N-dealkylation sites (tertiary alicyclic amines) is 1. The quantitative estimate of drug-likeness (QED) is 0.831. The van der Waals surface area contributed by atoms with Crippen LogP contribution in [0.15, 0.2) is 6.08 Å². The molecule has 1 amide bonds. The van der Waals surface area contributed by atoms with Gasteiger partial charge in [-0.15, -0.1) is 0 Å². The van der Waals surface area contributed by atoms with Crippen LogP contribution < -0.4 is 5.32 Å². The Morgan fingerprint density at radius 3 is 2.87 bits per heavy atom. The first kappa shape index (κ1) is 19.1. The summed E-state index contributed by atoms with van der Waals surface area (Å²) in [6.45, 7) is 2.10. The third-order valence-electron chi connectivity index (χ3n) is 8.88. The summed E-state index contributed by atoms with van der Waals surface area (Å²) in [4.78, 5) is 18.4. The lowest BCUT2D eigenvalue weighted by Crippen LogP contribution is -2.93. The molecule has 4 heterocycles. The highest BCUT2D eigenvalue weighted by Crippen LogP contribution is 2.54. The van der Waals surface area contributed by atoms with Crippen molar-refractivity contribution in [3.05, 3.63) is 23.0 Å². The molecule has 30 heavy (non-hydrogen) atoms. The Morgan fingerprint density at radius 2 is 2.10 bits per heavy atom. The summed E-state index contributed by atoms with van der Waals surface area (Å²) in [5.74, 6) is 0.764. The molecule has 0 aromatic carbocycles. The lowest BCUT2D eigenvalue weighted by molar-refractivity contribution is -0.252. The maximum absolute atomic E-state index is 13.3. The summed E-state index contributed by atoms with van der Waals surface area (Å²) < 4.78 is 2.15. The standard InChI is InChI=1S/C24H35N5O/c1-27-15-24-13-17(12-20(22(24)27)28(24)2)25-23(30)21-18-10-6-7-11-19(18)29(26-21)14-16-8-4-3-5-9-16/h7,11,16-17,20,22H,3-6,8-10,12-15H2,1-2H3,(H,25,30). The molecule has 162 valence electrons. The highest BCUT2D eigenvalue weighted by molar-refractivity contribution is 5.95. The van der Waals surface area contributed by atoms with Crippen molar-refractivity contribution in [2.45, 2.75) is 88.0 Å². The molecule has 0 radical (unpaired) electrons. The fourth-order valence-corrected chi connectivity index (χ4v) is 7.44. The molecule has 2 saturated carbocycles. The third-order valence-corrected chi connectivity index (χ3v) is 8.88. The van der Waals surface area contributed by atoms with Gasteiger partial charge in [-0.05, 0) is 64.6 Å². The third kappa shape index (κ3) is 2.69. The maximum atomic E-state index is 13.3. The van der Waals surface area contributed by atoms with E-state index in [0.717, 1.165) is 38.8 Å². The van der Waals surface area contributed by atoms with Gasteiger partial charge in [0.15, 0.2) is 5.69 Å². The van der Waals surface area contributed by atoms with Crippen LogP contribution in [0.4, 0.5) is 0 Å². The van der Waals surface area contributed by atoms with E-state index in [-0.39, 0.29) is 11.9 Å². The minimum Gasteiger partial charge on any atom is -0.348 e. The summed E-state index contributed by atoms with van der Waals surface area (Å²) in [5, 5.41) is 8.28. The van der Waals surface area contributed by atoms with Crippen LogP contribution >= 0.6 is 0 Å². The number of hydrogen-bond acceptors (Lipinski definition) is 4. The van der Waals surface area contributed by atoms with E-state index < -0.39 is 0 Å². The number of nitrogens with one attached hydrogen (secondary N) is 1. The van der Waals surface area contributed by atoms with Gasteiger partial charge in [-0.1, -0.05) is 25.3 Å². The number of piperidine rings is 1. The lowest BCUT2D eigenvalue weighted by atomic mass is 9.57. The Kier molecular flexibility index (Phi) is 4.40. The molecule has 1 aromatic heterocycles. The zero-order valence-corrected chi connectivity index (χ0v) is 18.4. The van der Waals surface area contributed by atoms with Crippen molar-refractivity contribution in [3.63, 3.8) is 0 Å². The molecular formula is C24H35N5O. The second-order valence-corrected chi connectivity index (χ2v) is 10.6. The molecule has 3 aliphatic carbocycles. The molecule has 7 rings (SSSR count). The van der Waals surface area contributed by atoms with Gasteiger partial charge in [-0.3, -0.25) is 19.3 Å². The molecule has 3 saturated heterocycles. The zero-order chi connectivity index (χ0) is 20.5. The van der Waals surface area contributed by atoms with Gasteiger partial charge in [0.1, 0.15) is 0 Å². The van der Waals surface area contributed by atoms with Crippen LogP contribution in [0.2, 0.25) is 0 Å². The summed E-state index contributed by atoms with van der Waals surface area (Å²) in [7, 11) is 4.50. The van der Waals surface area contributed by atoms with Crippen LogP contribution in [0.3, 0.4) is 0 Å². The van der Waals surface area contributed by atoms with Crippen LogP contribution in [-0.4, -0.2) is 69.8 Å². The smallest absolute Gasteiger partial charge is 0.272 e. The number of nitrogens with zero attached hydrogens (tertiary/aromatic N) is 4. The van der Waals surface area contributed by atoms with Gasteiger partial charge >= 0.3 is 0 Å². The van der Waals surface area contributed by atoms with Crippen molar-refractivity contribution >= 4 is 12.0 Å². The molecule has 6 heteroatoms. The Balaban J connectivity index is 1.19. The number of likely N-dealkylation sites (N-methyl/N-ethyl adjacent to an activating group) is 2. The Morgan fingerprint density at radius 1 is 1.27 bits per heavy atom. The van der Waals surface area contributed by atoms with E-state index in [1.165, 1.54) is 43.4 Å². The Labute approximate surface area is 179 Å². The molecule has 2 bridgehead atoms. The van der Waals surface area contributed by atoms with Gasteiger partial charge in [-0.2, -0.15) is 5.10 Å². The number of carbonyl (C=O) groups excluding carboxylic acids is 1. The highest BCUT2D eigenvalue weighted by atomic mass is 16.2. The fourth-order valence-electron chi connectivity index (χ4n) is 7.44. The van der Waals surface area contributed by atoms with Gasteiger partial charge < -0.3 is 5.32 Å². The van der Waals surface area contributed by atoms with Crippen molar-refractivity contribution in [3.8, 4) is 0 Å². The fraction of sp³-hybridized carbons (Fsp3) is 0.750. The number of carbonyl (C=O) groups is 1. The average Bonchev–Trinajstić information content (AvgIpc) is 3.11. The zero-order valence-electron chi connectivity index (χ0n) is 18.4.